The molecule has 4 heteroatoms. The average Bonchev–Trinajstić information content (AvgIpc) is 2.60. The van der Waals surface area contributed by atoms with Crippen LogP contribution in [0.5, 0.6) is 0 Å². The molecule has 4 nitrogen and oxygen atoms in total. The summed E-state index contributed by atoms with van der Waals surface area (Å²) in [5.74, 6) is -0.250. The van der Waals surface area contributed by atoms with Crippen LogP contribution < -0.4 is 11.1 Å². The van der Waals surface area contributed by atoms with E-state index in [-0.39, 0.29) is 5.91 Å². The van der Waals surface area contributed by atoms with E-state index in [1.54, 1.807) is 26.8 Å². The molecular formula is C10H14N2O2. The zero-order valence-electron chi connectivity index (χ0n) is 8.51. The van der Waals surface area contributed by atoms with Gasteiger partial charge in [-0.15, -0.1) is 0 Å². The van der Waals surface area contributed by atoms with Gasteiger partial charge < -0.3 is 16.2 Å². The number of hydrogen-bond donors (Lipinski definition) is 3. The summed E-state index contributed by atoms with van der Waals surface area (Å²) in [5.41, 5.74) is 5.56. The maximum absolute atomic E-state index is 11.6. The zero-order chi connectivity index (χ0) is 10.7. The predicted octanol–water partition coefficient (Wildman–Crippen LogP) is -0.201. The zero-order valence-corrected chi connectivity index (χ0v) is 8.51. The summed E-state index contributed by atoms with van der Waals surface area (Å²) in [4.78, 5) is 11.6. The second kappa shape index (κ2) is 2.27. The van der Waals surface area contributed by atoms with Crippen molar-refractivity contribution in [3.05, 3.63) is 22.9 Å². The number of carbonyl (C=O) groups is 1. The lowest BCUT2D eigenvalue weighted by atomic mass is 9.79. The van der Waals surface area contributed by atoms with Crippen LogP contribution in [0.1, 0.15) is 20.8 Å². The Hall–Kier alpha value is -1.13. The van der Waals surface area contributed by atoms with Gasteiger partial charge in [0.1, 0.15) is 11.1 Å². The highest BCUT2D eigenvalue weighted by Crippen LogP contribution is 2.47. The summed E-state index contributed by atoms with van der Waals surface area (Å²) < 4.78 is 0. The van der Waals surface area contributed by atoms with E-state index in [2.05, 4.69) is 5.32 Å². The van der Waals surface area contributed by atoms with Crippen LogP contribution in [0.15, 0.2) is 22.9 Å². The number of fused-ring (bicyclic) bond motifs is 1. The third-order valence-electron chi connectivity index (χ3n) is 3.00. The first-order chi connectivity index (χ1) is 6.30. The molecule has 0 spiro atoms. The molecule has 1 heterocycles. The van der Waals surface area contributed by atoms with Gasteiger partial charge in [0.2, 0.25) is 0 Å². The number of nitrogens with two attached hydrogens (primary N) is 1. The average molecular weight is 194 g/mol. The summed E-state index contributed by atoms with van der Waals surface area (Å²) in [6, 6.07) is 0. The smallest absolute Gasteiger partial charge is 0.254 e. The van der Waals surface area contributed by atoms with E-state index in [0.717, 1.165) is 5.57 Å². The predicted molar refractivity (Wildman–Crippen MR) is 52.1 cm³/mol. The first kappa shape index (κ1) is 9.43. The summed E-state index contributed by atoms with van der Waals surface area (Å²) in [6.45, 7) is 5.16. The summed E-state index contributed by atoms with van der Waals surface area (Å²) in [7, 11) is 0. The largest absolute Gasteiger partial charge is 0.383 e. The summed E-state index contributed by atoms with van der Waals surface area (Å²) >= 11 is 0. The normalized spacial score (nSPS) is 39.9. The van der Waals surface area contributed by atoms with E-state index in [9.17, 15) is 9.90 Å². The van der Waals surface area contributed by atoms with Crippen molar-refractivity contribution in [3.8, 4) is 0 Å². The maximum atomic E-state index is 11.6. The van der Waals surface area contributed by atoms with E-state index in [4.69, 9.17) is 5.73 Å². The van der Waals surface area contributed by atoms with Crippen LogP contribution in [0.3, 0.4) is 0 Å². The SMILES string of the molecule is CC(C)=C1C(=O)NC2=CC2(N)C1(C)O. The highest BCUT2D eigenvalue weighted by Gasteiger charge is 2.61. The van der Waals surface area contributed by atoms with Crippen LogP contribution in [0, 0.1) is 0 Å². The van der Waals surface area contributed by atoms with Crippen molar-refractivity contribution in [3.63, 3.8) is 0 Å². The molecule has 0 saturated carbocycles. The van der Waals surface area contributed by atoms with Gasteiger partial charge >= 0.3 is 0 Å². The van der Waals surface area contributed by atoms with Gasteiger partial charge in [-0.3, -0.25) is 4.79 Å². The van der Waals surface area contributed by atoms with E-state index < -0.39 is 11.1 Å². The molecule has 1 saturated heterocycles. The van der Waals surface area contributed by atoms with Gasteiger partial charge in [-0.1, -0.05) is 5.57 Å². The number of amides is 1. The minimum absolute atomic E-state index is 0.250. The van der Waals surface area contributed by atoms with Crippen molar-refractivity contribution in [2.75, 3.05) is 0 Å². The van der Waals surface area contributed by atoms with E-state index in [1.807, 2.05) is 0 Å². The lowest BCUT2D eigenvalue weighted by Crippen LogP contribution is -2.60. The number of piperidine rings is 1. The number of rotatable bonds is 0. The van der Waals surface area contributed by atoms with Crippen molar-refractivity contribution in [2.45, 2.75) is 31.9 Å². The molecule has 1 aliphatic heterocycles. The van der Waals surface area contributed by atoms with Crippen molar-refractivity contribution < 1.29 is 9.90 Å². The van der Waals surface area contributed by atoms with Crippen LogP contribution in [-0.4, -0.2) is 22.2 Å². The molecule has 0 aromatic carbocycles. The minimum Gasteiger partial charge on any atom is -0.383 e. The second-order valence-electron chi connectivity index (χ2n) is 4.33. The number of aliphatic hydroxyl groups is 1. The van der Waals surface area contributed by atoms with Crippen LogP contribution in [-0.2, 0) is 4.79 Å². The molecule has 76 valence electrons. The number of allylic oxidation sites excluding steroid dienone is 1. The Kier molecular flexibility index (Phi) is 1.53. The molecule has 2 aliphatic rings. The van der Waals surface area contributed by atoms with Gasteiger partial charge in [0.15, 0.2) is 0 Å². The van der Waals surface area contributed by atoms with Gasteiger partial charge in [0, 0.05) is 11.3 Å². The van der Waals surface area contributed by atoms with E-state index in [1.165, 1.54) is 0 Å². The molecule has 0 aromatic heterocycles. The van der Waals surface area contributed by atoms with Gasteiger partial charge in [-0.25, -0.2) is 0 Å². The third kappa shape index (κ3) is 0.871. The molecule has 1 amide bonds. The number of carbonyl (C=O) groups excluding carboxylic acids is 1. The topological polar surface area (TPSA) is 75.4 Å². The van der Waals surface area contributed by atoms with Crippen molar-refractivity contribution in [1.29, 1.82) is 0 Å². The molecule has 1 fully saturated rings. The standard InChI is InChI=1S/C10H14N2O2/c1-5(2)7-8(13)12-6-4-10(6,11)9(7,3)14/h4,14H,11H2,1-3H3,(H,12,13). The Balaban J connectivity index is 2.53. The Bertz CT molecular complexity index is 389. The molecule has 2 unspecified atom stereocenters. The van der Waals surface area contributed by atoms with E-state index in [0.29, 0.717) is 11.3 Å². The molecule has 2 rings (SSSR count). The lowest BCUT2D eigenvalue weighted by Gasteiger charge is -2.38. The van der Waals surface area contributed by atoms with Gasteiger partial charge in [-0.2, -0.15) is 0 Å². The van der Waals surface area contributed by atoms with Crippen molar-refractivity contribution in [1.82, 2.24) is 5.32 Å². The molecule has 0 aromatic rings. The van der Waals surface area contributed by atoms with Crippen LogP contribution >= 0.6 is 0 Å². The highest BCUT2D eigenvalue weighted by atomic mass is 16.3. The first-order valence-corrected chi connectivity index (χ1v) is 4.54. The van der Waals surface area contributed by atoms with Crippen molar-refractivity contribution >= 4 is 5.91 Å². The molecule has 0 bridgehead atoms. The van der Waals surface area contributed by atoms with Gasteiger partial charge in [-0.05, 0) is 26.8 Å². The molecule has 14 heavy (non-hydrogen) atoms. The Labute approximate surface area is 82.5 Å². The fourth-order valence-corrected chi connectivity index (χ4v) is 2.06. The van der Waals surface area contributed by atoms with Gasteiger partial charge in [0.05, 0.1) is 0 Å². The quantitative estimate of drug-likeness (QED) is 0.467. The fourth-order valence-electron chi connectivity index (χ4n) is 2.06. The van der Waals surface area contributed by atoms with Crippen LogP contribution in [0.2, 0.25) is 0 Å². The maximum Gasteiger partial charge on any atom is 0.254 e. The number of nitrogens with one attached hydrogen (secondary N) is 1. The Morgan fingerprint density at radius 2 is 2.14 bits per heavy atom. The monoisotopic (exact) mass is 194 g/mol. The second-order valence-corrected chi connectivity index (χ2v) is 4.33. The lowest BCUT2D eigenvalue weighted by molar-refractivity contribution is -0.120. The highest BCUT2D eigenvalue weighted by molar-refractivity contribution is 6.01. The first-order valence-electron chi connectivity index (χ1n) is 4.54. The number of hydrogen-bond acceptors (Lipinski definition) is 3. The van der Waals surface area contributed by atoms with Crippen LogP contribution in [0.25, 0.3) is 0 Å². The molecule has 2 atom stereocenters. The summed E-state index contributed by atoms with van der Waals surface area (Å²) in [5, 5.41) is 12.9. The Morgan fingerprint density at radius 1 is 1.57 bits per heavy atom. The summed E-state index contributed by atoms with van der Waals surface area (Å²) in [6.07, 6.45) is 1.68. The molecule has 4 N–H and O–H groups in total. The van der Waals surface area contributed by atoms with E-state index >= 15 is 0 Å². The van der Waals surface area contributed by atoms with Gasteiger partial charge in [0.25, 0.3) is 5.91 Å². The molecule has 0 radical (unpaired) electrons. The van der Waals surface area contributed by atoms with Crippen LogP contribution in [0.4, 0.5) is 0 Å². The molecular weight excluding hydrogens is 180 g/mol. The van der Waals surface area contributed by atoms with Crippen molar-refractivity contribution in [2.24, 2.45) is 5.73 Å². The molecule has 1 aliphatic carbocycles. The Morgan fingerprint density at radius 3 is 2.64 bits per heavy atom. The minimum atomic E-state index is -1.29. The third-order valence-corrected chi connectivity index (χ3v) is 3.00. The fraction of sp³-hybridized carbons (Fsp3) is 0.500.